The molecule has 38 heavy (non-hydrogen) atoms. The van der Waals surface area contributed by atoms with Crippen molar-refractivity contribution in [2.24, 2.45) is 0 Å². The van der Waals surface area contributed by atoms with E-state index in [2.05, 4.69) is 10.0 Å². The number of ether oxygens (including phenoxy) is 2. The topological polar surface area (TPSA) is 131 Å². The molecule has 1 aliphatic heterocycles. The number of morpholine rings is 1. The minimum absolute atomic E-state index is 0.0108. The van der Waals surface area contributed by atoms with E-state index in [9.17, 15) is 21.6 Å². The lowest BCUT2D eigenvalue weighted by Gasteiger charge is -2.26. The van der Waals surface area contributed by atoms with Gasteiger partial charge in [-0.25, -0.2) is 16.8 Å². The van der Waals surface area contributed by atoms with Crippen LogP contribution in [0.3, 0.4) is 0 Å². The number of rotatable bonds is 8. The number of aryl methyl sites for hydroxylation is 1. The number of carbonyl (C=O) groups is 1. The summed E-state index contributed by atoms with van der Waals surface area (Å²) in [5.41, 5.74) is 1.37. The molecule has 1 fully saturated rings. The van der Waals surface area contributed by atoms with Crippen molar-refractivity contribution in [3.63, 3.8) is 0 Å². The van der Waals surface area contributed by atoms with E-state index in [4.69, 9.17) is 21.1 Å². The summed E-state index contributed by atoms with van der Waals surface area (Å²) in [6.45, 7) is 2.78. The van der Waals surface area contributed by atoms with Gasteiger partial charge in [0.25, 0.3) is 15.9 Å². The molecular weight excluding hydrogens is 554 g/mol. The molecule has 0 spiro atoms. The predicted octanol–water partition coefficient (Wildman–Crippen LogP) is 3.73. The van der Waals surface area contributed by atoms with Crippen LogP contribution in [0.4, 0.5) is 11.4 Å². The fourth-order valence-corrected chi connectivity index (χ4v) is 6.51. The van der Waals surface area contributed by atoms with Crippen LogP contribution in [-0.4, -0.2) is 60.5 Å². The third kappa shape index (κ3) is 6.11. The third-order valence-electron chi connectivity index (χ3n) is 5.89. The molecule has 202 valence electrons. The Morgan fingerprint density at radius 2 is 1.61 bits per heavy atom. The number of halogens is 1. The molecular formula is C25H26ClN3O7S2. The molecule has 0 saturated carbocycles. The van der Waals surface area contributed by atoms with Gasteiger partial charge in [-0.3, -0.25) is 9.52 Å². The lowest BCUT2D eigenvalue weighted by atomic mass is 10.2. The number of sulfonamides is 2. The van der Waals surface area contributed by atoms with Gasteiger partial charge >= 0.3 is 0 Å². The standard InChI is InChI=1S/C25H26ClN3O7S2/c1-17-3-4-18(26)15-23(17)28-37(31,32)20-7-5-19(6-8-20)27-25(30)22-16-21(9-10-24(22)35-2)38(33,34)29-11-13-36-14-12-29/h3-10,15-16,28H,11-14H2,1-2H3,(H,27,30). The van der Waals surface area contributed by atoms with Gasteiger partial charge in [-0.1, -0.05) is 17.7 Å². The van der Waals surface area contributed by atoms with Crippen molar-refractivity contribution in [3.8, 4) is 5.75 Å². The first-order valence-corrected chi connectivity index (χ1v) is 14.8. The SMILES string of the molecule is COc1ccc(S(=O)(=O)N2CCOCC2)cc1C(=O)Nc1ccc(S(=O)(=O)Nc2cc(Cl)ccc2C)cc1. The van der Waals surface area contributed by atoms with Gasteiger partial charge in [-0.05, 0) is 67.1 Å². The maximum Gasteiger partial charge on any atom is 0.261 e. The van der Waals surface area contributed by atoms with E-state index in [1.54, 1.807) is 19.1 Å². The monoisotopic (exact) mass is 579 g/mol. The molecule has 1 amide bonds. The van der Waals surface area contributed by atoms with Crippen molar-refractivity contribution in [2.75, 3.05) is 43.5 Å². The smallest absolute Gasteiger partial charge is 0.261 e. The fraction of sp³-hybridized carbons (Fsp3) is 0.240. The first-order valence-electron chi connectivity index (χ1n) is 11.5. The Hall–Kier alpha value is -3.16. The number of hydrogen-bond donors (Lipinski definition) is 2. The molecule has 13 heteroatoms. The van der Waals surface area contributed by atoms with Gasteiger partial charge in [0.1, 0.15) is 5.75 Å². The average Bonchev–Trinajstić information content (AvgIpc) is 2.91. The molecule has 0 radical (unpaired) electrons. The Bertz CT molecular complexity index is 1550. The van der Waals surface area contributed by atoms with Crippen LogP contribution in [-0.2, 0) is 24.8 Å². The molecule has 3 aromatic carbocycles. The molecule has 1 aliphatic rings. The van der Waals surface area contributed by atoms with Crippen LogP contribution >= 0.6 is 11.6 Å². The van der Waals surface area contributed by atoms with E-state index in [1.807, 2.05) is 0 Å². The molecule has 1 saturated heterocycles. The second-order valence-electron chi connectivity index (χ2n) is 8.42. The fourth-order valence-electron chi connectivity index (χ4n) is 3.78. The first-order chi connectivity index (χ1) is 18.0. The Morgan fingerprint density at radius 3 is 2.26 bits per heavy atom. The number of nitrogens with zero attached hydrogens (tertiary/aromatic N) is 1. The molecule has 0 aliphatic carbocycles. The zero-order valence-corrected chi connectivity index (χ0v) is 23.0. The van der Waals surface area contributed by atoms with Crippen molar-refractivity contribution < 1.29 is 31.1 Å². The molecule has 0 atom stereocenters. The summed E-state index contributed by atoms with van der Waals surface area (Å²) >= 11 is 5.98. The lowest BCUT2D eigenvalue weighted by Crippen LogP contribution is -2.40. The summed E-state index contributed by atoms with van der Waals surface area (Å²) in [6.07, 6.45) is 0. The number of amides is 1. The van der Waals surface area contributed by atoms with Gasteiger partial charge < -0.3 is 14.8 Å². The quantitative estimate of drug-likeness (QED) is 0.416. The van der Waals surface area contributed by atoms with E-state index >= 15 is 0 Å². The first kappa shape index (κ1) is 27.9. The second kappa shape index (κ2) is 11.3. The number of anilines is 2. The van der Waals surface area contributed by atoms with Crippen molar-refractivity contribution in [3.05, 3.63) is 76.8 Å². The van der Waals surface area contributed by atoms with Crippen LogP contribution in [0.5, 0.6) is 5.75 Å². The summed E-state index contributed by atoms with van der Waals surface area (Å²) < 4.78 is 66.1. The largest absolute Gasteiger partial charge is 0.496 e. The van der Waals surface area contributed by atoms with Gasteiger partial charge in [0.2, 0.25) is 10.0 Å². The Morgan fingerprint density at radius 1 is 0.947 bits per heavy atom. The molecule has 2 N–H and O–H groups in total. The van der Waals surface area contributed by atoms with Gasteiger partial charge in [0.05, 0.1) is 41.4 Å². The van der Waals surface area contributed by atoms with E-state index in [0.29, 0.717) is 35.2 Å². The number of carbonyl (C=O) groups excluding carboxylic acids is 1. The number of hydrogen-bond acceptors (Lipinski definition) is 7. The van der Waals surface area contributed by atoms with Crippen molar-refractivity contribution >= 4 is 48.9 Å². The normalized spacial score (nSPS) is 14.6. The molecule has 0 unspecified atom stereocenters. The van der Waals surface area contributed by atoms with E-state index in [-0.39, 0.29) is 34.2 Å². The Balaban J connectivity index is 1.53. The summed E-state index contributed by atoms with van der Waals surface area (Å²) in [4.78, 5) is 13.0. The zero-order chi connectivity index (χ0) is 27.5. The number of methoxy groups -OCH3 is 1. The van der Waals surface area contributed by atoms with Crippen molar-refractivity contribution in [1.29, 1.82) is 0 Å². The van der Waals surface area contributed by atoms with Crippen LogP contribution in [0.1, 0.15) is 15.9 Å². The molecule has 10 nitrogen and oxygen atoms in total. The highest BCUT2D eigenvalue weighted by Crippen LogP contribution is 2.27. The average molecular weight is 580 g/mol. The highest BCUT2D eigenvalue weighted by Gasteiger charge is 2.28. The molecule has 3 aromatic rings. The maximum atomic E-state index is 13.1. The summed E-state index contributed by atoms with van der Waals surface area (Å²) in [5, 5.41) is 3.05. The highest BCUT2D eigenvalue weighted by molar-refractivity contribution is 7.92. The minimum atomic E-state index is -3.92. The van der Waals surface area contributed by atoms with E-state index in [0.717, 1.165) is 0 Å². The van der Waals surface area contributed by atoms with Gasteiger partial charge in [0, 0.05) is 23.8 Å². The maximum absolute atomic E-state index is 13.1. The number of nitrogens with one attached hydrogen (secondary N) is 2. The van der Waals surface area contributed by atoms with Crippen LogP contribution < -0.4 is 14.8 Å². The molecule has 4 rings (SSSR count). The minimum Gasteiger partial charge on any atom is -0.496 e. The Kier molecular flexibility index (Phi) is 8.28. The van der Waals surface area contributed by atoms with E-state index in [1.165, 1.54) is 59.9 Å². The van der Waals surface area contributed by atoms with Gasteiger partial charge in [-0.15, -0.1) is 0 Å². The van der Waals surface area contributed by atoms with Crippen LogP contribution in [0.15, 0.2) is 70.5 Å². The highest BCUT2D eigenvalue weighted by atomic mass is 35.5. The van der Waals surface area contributed by atoms with Crippen LogP contribution in [0.2, 0.25) is 5.02 Å². The Labute approximate surface area is 226 Å². The zero-order valence-electron chi connectivity index (χ0n) is 20.6. The third-order valence-corrected chi connectivity index (χ3v) is 9.40. The molecule has 0 bridgehead atoms. The van der Waals surface area contributed by atoms with Crippen molar-refractivity contribution in [1.82, 2.24) is 4.31 Å². The lowest BCUT2D eigenvalue weighted by molar-refractivity contribution is 0.0730. The summed E-state index contributed by atoms with van der Waals surface area (Å²) in [7, 11) is -6.38. The predicted molar refractivity (Wildman–Crippen MR) is 144 cm³/mol. The molecule has 1 heterocycles. The van der Waals surface area contributed by atoms with E-state index < -0.39 is 26.0 Å². The van der Waals surface area contributed by atoms with Gasteiger partial charge in [0.15, 0.2) is 0 Å². The second-order valence-corrected chi connectivity index (χ2v) is 12.5. The summed E-state index contributed by atoms with van der Waals surface area (Å²) in [6, 6.07) is 14.5. The van der Waals surface area contributed by atoms with Crippen molar-refractivity contribution in [2.45, 2.75) is 16.7 Å². The molecule has 0 aromatic heterocycles. The summed E-state index contributed by atoms with van der Waals surface area (Å²) in [5.74, 6) is -0.437. The van der Waals surface area contributed by atoms with Crippen LogP contribution in [0.25, 0.3) is 0 Å². The van der Waals surface area contributed by atoms with Crippen LogP contribution in [0, 0.1) is 6.92 Å². The number of benzene rings is 3. The van der Waals surface area contributed by atoms with Gasteiger partial charge in [-0.2, -0.15) is 4.31 Å².